The van der Waals surface area contributed by atoms with Crippen molar-refractivity contribution in [1.29, 1.82) is 0 Å². The number of carbonyl (C=O) groups is 1. The first-order valence-electron chi connectivity index (χ1n) is 6.05. The van der Waals surface area contributed by atoms with Gasteiger partial charge in [-0.15, -0.1) is 0 Å². The van der Waals surface area contributed by atoms with E-state index in [9.17, 15) is 9.18 Å². The largest absolute Gasteiger partial charge is 0.478 e. The Bertz CT molecular complexity index is 432. The standard InChI is InChI=1S/C14H20FNO2/c1-9(2)10(3)16(4)8-12-6-5-11(14(17)18)7-13(12)15/h5-7,9-10H,8H2,1-4H3,(H,17,18). The van der Waals surface area contributed by atoms with Crippen molar-refractivity contribution in [1.82, 2.24) is 4.90 Å². The van der Waals surface area contributed by atoms with Crippen LogP contribution in [0.5, 0.6) is 0 Å². The zero-order valence-electron chi connectivity index (χ0n) is 11.3. The fourth-order valence-electron chi connectivity index (χ4n) is 1.73. The molecule has 0 saturated carbocycles. The maximum Gasteiger partial charge on any atom is 0.335 e. The second-order valence-corrected chi connectivity index (χ2v) is 5.01. The zero-order valence-corrected chi connectivity index (χ0v) is 11.3. The maximum atomic E-state index is 13.7. The minimum absolute atomic E-state index is 0.0178. The van der Waals surface area contributed by atoms with E-state index in [1.165, 1.54) is 6.07 Å². The number of carboxylic acids is 1. The van der Waals surface area contributed by atoms with E-state index in [1.807, 2.05) is 7.05 Å². The summed E-state index contributed by atoms with van der Waals surface area (Å²) in [6, 6.07) is 4.39. The molecule has 0 heterocycles. The minimum Gasteiger partial charge on any atom is -0.478 e. The van der Waals surface area contributed by atoms with Crippen LogP contribution < -0.4 is 0 Å². The van der Waals surface area contributed by atoms with E-state index in [-0.39, 0.29) is 5.56 Å². The molecule has 0 radical (unpaired) electrons. The molecule has 0 amide bonds. The topological polar surface area (TPSA) is 40.5 Å². The van der Waals surface area contributed by atoms with Gasteiger partial charge in [-0.3, -0.25) is 4.90 Å². The molecule has 3 nitrogen and oxygen atoms in total. The Kier molecular flexibility index (Phi) is 4.84. The molecule has 0 saturated heterocycles. The van der Waals surface area contributed by atoms with Crippen LogP contribution in [-0.2, 0) is 6.54 Å². The highest BCUT2D eigenvalue weighted by Gasteiger charge is 2.15. The van der Waals surface area contributed by atoms with Crippen LogP contribution in [0, 0.1) is 11.7 Å². The number of halogens is 1. The fraction of sp³-hybridized carbons (Fsp3) is 0.500. The molecule has 0 spiro atoms. The van der Waals surface area contributed by atoms with Gasteiger partial charge in [-0.05, 0) is 32.0 Å². The normalized spacial score (nSPS) is 13.1. The van der Waals surface area contributed by atoms with E-state index in [4.69, 9.17) is 5.11 Å². The van der Waals surface area contributed by atoms with Gasteiger partial charge in [0.1, 0.15) is 5.82 Å². The molecule has 0 aliphatic carbocycles. The van der Waals surface area contributed by atoms with Crippen molar-refractivity contribution < 1.29 is 14.3 Å². The van der Waals surface area contributed by atoms with E-state index in [0.29, 0.717) is 24.1 Å². The van der Waals surface area contributed by atoms with Crippen LogP contribution in [0.1, 0.15) is 36.7 Å². The monoisotopic (exact) mass is 253 g/mol. The van der Waals surface area contributed by atoms with E-state index in [2.05, 4.69) is 25.7 Å². The van der Waals surface area contributed by atoms with Gasteiger partial charge in [0.25, 0.3) is 0 Å². The lowest BCUT2D eigenvalue weighted by Gasteiger charge is -2.28. The molecular weight excluding hydrogens is 233 g/mol. The molecule has 1 N–H and O–H groups in total. The summed E-state index contributed by atoms with van der Waals surface area (Å²) in [5, 5.41) is 8.77. The van der Waals surface area contributed by atoms with Gasteiger partial charge in [0.05, 0.1) is 5.56 Å². The highest BCUT2D eigenvalue weighted by molar-refractivity contribution is 5.87. The zero-order chi connectivity index (χ0) is 13.9. The van der Waals surface area contributed by atoms with E-state index in [0.717, 1.165) is 6.07 Å². The quantitative estimate of drug-likeness (QED) is 0.877. The van der Waals surface area contributed by atoms with Gasteiger partial charge in [-0.25, -0.2) is 9.18 Å². The number of hydrogen-bond acceptors (Lipinski definition) is 2. The van der Waals surface area contributed by atoms with Gasteiger partial charge < -0.3 is 5.11 Å². The molecule has 0 aliphatic rings. The van der Waals surface area contributed by atoms with Crippen molar-refractivity contribution >= 4 is 5.97 Å². The first-order chi connectivity index (χ1) is 8.32. The smallest absolute Gasteiger partial charge is 0.335 e. The number of rotatable bonds is 5. The lowest BCUT2D eigenvalue weighted by atomic mass is 10.0. The second kappa shape index (κ2) is 5.96. The molecule has 4 heteroatoms. The molecule has 0 aliphatic heterocycles. The lowest BCUT2D eigenvalue weighted by molar-refractivity contribution is 0.0696. The molecule has 1 unspecified atom stereocenters. The average molecular weight is 253 g/mol. The lowest BCUT2D eigenvalue weighted by Crippen LogP contribution is -2.33. The third-order valence-corrected chi connectivity index (χ3v) is 3.38. The molecule has 18 heavy (non-hydrogen) atoms. The van der Waals surface area contributed by atoms with Crippen LogP contribution in [0.25, 0.3) is 0 Å². The third kappa shape index (κ3) is 3.53. The average Bonchev–Trinajstić information content (AvgIpc) is 2.30. The molecular formula is C14H20FNO2. The number of nitrogens with zero attached hydrogens (tertiary/aromatic N) is 1. The summed E-state index contributed by atoms with van der Waals surface area (Å²) < 4.78 is 13.7. The van der Waals surface area contributed by atoms with Gasteiger partial charge in [0, 0.05) is 18.2 Å². The van der Waals surface area contributed by atoms with Crippen molar-refractivity contribution in [2.45, 2.75) is 33.4 Å². The van der Waals surface area contributed by atoms with Crippen LogP contribution in [-0.4, -0.2) is 29.1 Å². The van der Waals surface area contributed by atoms with E-state index in [1.54, 1.807) is 6.07 Å². The van der Waals surface area contributed by atoms with Crippen molar-refractivity contribution in [2.75, 3.05) is 7.05 Å². The Labute approximate surface area is 107 Å². The summed E-state index contributed by atoms with van der Waals surface area (Å²) in [7, 11) is 1.94. The second-order valence-electron chi connectivity index (χ2n) is 5.01. The minimum atomic E-state index is -1.11. The van der Waals surface area contributed by atoms with Crippen LogP contribution >= 0.6 is 0 Å². The first-order valence-corrected chi connectivity index (χ1v) is 6.05. The highest BCUT2D eigenvalue weighted by atomic mass is 19.1. The maximum absolute atomic E-state index is 13.7. The van der Waals surface area contributed by atoms with Gasteiger partial charge in [-0.1, -0.05) is 19.9 Å². The molecule has 1 aromatic rings. The van der Waals surface area contributed by atoms with Gasteiger partial charge in [0.15, 0.2) is 0 Å². The van der Waals surface area contributed by atoms with Crippen LogP contribution in [0.2, 0.25) is 0 Å². The Morgan fingerprint density at radius 2 is 2.00 bits per heavy atom. The van der Waals surface area contributed by atoms with Gasteiger partial charge in [-0.2, -0.15) is 0 Å². The van der Waals surface area contributed by atoms with Gasteiger partial charge >= 0.3 is 5.97 Å². The Morgan fingerprint density at radius 3 is 2.44 bits per heavy atom. The molecule has 1 rings (SSSR count). The van der Waals surface area contributed by atoms with E-state index < -0.39 is 11.8 Å². The van der Waals surface area contributed by atoms with Crippen molar-refractivity contribution in [3.8, 4) is 0 Å². The predicted molar refractivity (Wildman–Crippen MR) is 69.1 cm³/mol. The molecule has 1 aromatic carbocycles. The number of carboxylic acid groups (broad SMARTS) is 1. The molecule has 0 bridgehead atoms. The summed E-state index contributed by atoms with van der Waals surface area (Å²) in [6.07, 6.45) is 0. The highest BCUT2D eigenvalue weighted by Crippen LogP contribution is 2.16. The summed E-state index contributed by atoms with van der Waals surface area (Å²) >= 11 is 0. The summed E-state index contributed by atoms with van der Waals surface area (Å²) in [6.45, 7) is 6.80. The summed E-state index contributed by atoms with van der Waals surface area (Å²) in [5.74, 6) is -1.08. The Balaban J connectivity index is 2.83. The molecule has 0 fully saturated rings. The number of hydrogen-bond donors (Lipinski definition) is 1. The first kappa shape index (κ1) is 14.6. The number of aromatic carboxylic acids is 1. The van der Waals surface area contributed by atoms with Crippen molar-refractivity contribution in [3.63, 3.8) is 0 Å². The molecule has 100 valence electrons. The third-order valence-electron chi connectivity index (χ3n) is 3.38. The van der Waals surface area contributed by atoms with Crippen LogP contribution in [0.4, 0.5) is 4.39 Å². The Hall–Kier alpha value is -1.42. The SMILES string of the molecule is CC(C)C(C)N(C)Cc1ccc(C(=O)O)cc1F. The molecule has 1 atom stereocenters. The van der Waals surface area contributed by atoms with E-state index >= 15 is 0 Å². The summed E-state index contributed by atoms with van der Waals surface area (Å²) in [5.41, 5.74) is 0.505. The number of benzene rings is 1. The van der Waals surface area contributed by atoms with Crippen LogP contribution in [0.3, 0.4) is 0 Å². The Morgan fingerprint density at radius 1 is 1.39 bits per heavy atom. The van der Waals surface area contributed by atoms with Crippen molar-refractivity contribution in [3.05, 3.63) is 35.1 Å². The summed E-state index contributed by atoms with van der Waals surface area (Å²) in [4.78, 5) is 12.8. The van der Waals surface area contributed by atoms with Gasteiger partial charge in [0.2, 0.25) is 0 Å². The fourth-order valence-corrected chi connectivity index (χ4v) is 1.73. The predicted octanol–water partition coefficient (Wildman–Crippen LogP) is 3.00. The molecule has 0 aromatic heterocycles. The van der Waals surface area contributed by atoms with Crippen molar-refractivity contribution in [2.24, 2.45) is 5.92 Å². The van der Waals surface area contributed by atoms with Crippen LogP contribution in [0.15, 0.2) is 18.2 Å².